The van der Waals surface area contributed by atoms with Crippen molar-refractivity contribution in [2.24, 2.45) is 0 Å². The minimum atomic E-state index is -1.35. The van der Waals surface area contributed by atoms with Crippen molar-refractivity contribution < 1.29 is 14.1 Å². The highest BCUT2D eigenvalue weighted by molar-refractivity contribution is 7.85. The molecule has 0 saturated carbocycles. The zero-order chi connectivity index (χ0) is 18.0. The molecule has 130 valence electrons. The number of hydrogen-bond donors (Lipinski definition) is 1. The fourth-order valence-electron chi connectivity index (χ4n) is 3.14. The first-order chi connectivity index (χ1) is 11.9. The minimum absolute atomic E-state index is 0.0173. The Bertz CT molecular complexity index is 821. The van der Waals surface area contributed by atoms with Gasteiger partial charge in [-0.05, 0) is 43.7 Å². The van der Waals surface area contributed by atoms with E-state index in [4.69, 9.17) is 0 Å². The van der Waals surface area contributed by atoms with Gasteiger partial charge in [0.1, 0.15) is 5.60 Å². The maximum Gasteiger partial charge on any atom is 0.156 e. The molecule has 0 heterocycles. The molecular weight excluding hydrogens is 332 g/mol. The van der Waals surface area contributed by atoms with Crippen LogP contribution in [0.15, 0.2) is 65.6 Å². The Kier molecular flexibility index (Phi) is 5.02. The lowest BCUT2D eigenvalue weighted by Crippen LogP contribution is -2.43. The van der Waals surface area contributed by atoms with E-state index >= 15 is 0 Å². The highest BCUT2D eigenvalue weighted by Gasteiger charge is 2.40. The van der Waals surface area contributed by atoms with Gasteiger partial charge in [0, 0.05) is 17.2 Å². The molecule has 25 heavy (non-hydrogen) atoms. The van der Waals surface area contributed by atoms with E-state index in [1.54, 1.807) is 0 Å². The van der Waals surface area contributed by atoms with Gasteiger partial charge in [0.15, 0.2) is 5.78 Å². The van der Waals surface area contributed by atoms with Gasteiger partial charge >= 0.3 is 0 Å². The van der Waals surface area contributed by atoms with Crippen LogP contribution in [0, 0.1) is 13.8 Å². The second kappa shape index (κ2) is 7.06. The van der Waals surface area contributed by atoms with Gasteiger partial charge in [-0.25, -0.2) is 0 Å². The number of allylic oxidation sites excluding steroid dienone is 1. The summed E-state index contributed by atoms with van der Waals surface area (Å²) in [5.74, 6) is -0.338. The zero-order valence-corrected chi connectivity index (χ0v) is 15.3. The van der Waals surface area contributed by atoms with E-state index in [1.165, 1.54) is 12.2 Å². The van der Waals surface area contributed by atoms with E-state index in [0.717, 1.165) is 16.7 Å². The molecule has 0 saturated heterocycles. The number of ketones is 1. The number of carbonyl (C=O) groups excluding carboxylic acids is 1. The van der Waals surface area contributed by atoms with Crippen molar-refractivity contribution in [3.63, 3.8) is 0 Å². The summed E-state index contributed by atoms with van der Waals surface area (Å²) in [4.78, 5) is 12.6. The van der Waals surface area contributed by atoms with Crippen LogP contribution in [0.5, 0.6) is 0 Å². The molecule has 1 N–H and O–H groups in total. The Morgan fingerprint density at radius 1 is 1.04 bits per heavy atom. The van der Waals surface area contributed by atoms with Crippen LogP contribution < -0.4 is 0 Å². The molecule has 0 aromatic heterocycles. The predicted octanol–water partition coefficient (Wildman–Crippen LogP) is 3.45. The Labute approximate surface area is 150 Å². The second-order valence-corrected chi connectivity index (χ2v) is 8.21. The van der Waals surface area contributed by atoms with Crippen LogP contribution in [0.25, 0.3) is 0 Å². The molecular formula is C21H22O3S. The minimum Gasteiger partial charge on any atom is -0.384 e. The normalized spacial score (nSPS) is 24.3. The average molecular weight is 354 g/mol. The maximum atomic E-state index is 12.8. The maximum absolute atomic E-state index is 12.8. The summed E-state index contributed by atoms with van der Waals surface area (Å²) < 4.78 is 12.8. The van der Waals surface area contributed by atoms with E-state index in [2.05, 4.69) is 0 Å². The molecule has 0 aliphatic heterocycles. The Hall–Kier alpha value is -2.04. The lowest BCUT2D eigenvalue weighted by atomic mass is 9.76. The van der Waals surface area contributed by atoms with Crippen LogP contribution >= 0.6 is 0 Å². The van der Waals surface area contributed by atoms with Crippen molar-refractivity contribution in [2.45, 2.75) is 36.7 Å². The molecule has 2 aromatic rings. The van der Waals surface area contributed by atoms with Crippen LogP contribution in [0.1, 0.15) is 29.0 Å². The number of aryl methyl sites for hydroxylation is 2. The summed E-state index contributed by atoms with van der Waals surface area (Å²) in [6, 6.07) is 15.3. The third-order valence-electron chi connectivity index (χ3n) is 4.69. The summed E-state index contributed by atoms with van der Waals surface area (Å²) in [5, 5.41) is 11.2. The fraction of sp³-hybridized carbons (Fsp3) is 0.286. The number of aliphatic hydroxyl groups is 1. The first-order valence-corrected chi connectivity index (χ1v) is 9.65. The van der Waals surface area contributed by atoms with E-state index in [9.17, 15) is 14.1 Å². The first-order valence-electron chi connectivity index (χ1n) is 8.33. The highest BCUT2D eigenvalue weighted by Crippen LogP contribution is 2.37. The summed E-state index contributed by atoms with van der Waals surface area (Å²) >= 11 is 0. The molecule has 3 nitrogen and oxygen atoms in total. The van der Waals surface area contributed by atoms with Gasteiger partial charge < -0.3 is 5.11 Å². The lowest BCUT2D eigenvalue weighted by molar-refractivity contribution is -0.117. The smallest absolute Gasteiger partial charge is 0.156 e. The standard InChI is InChI=1S/C21H22O3S/c1-15-3-7-17(8-4-15)20-13-18(22)11-12-21(20,23)14-25(24)19-9-5-16(2)6-10-19/h3-12,20,23H,13-14H2,1-2H3/t20-,21+,25-/m1/s1. The molecule has 0 spiro atoms. The highest BCUT2D eigenvalue weighted by atomic mass is 32.2. The topological polar surface area (TPSA) is 54.4 Å². The summed E-state index contributed by atoms with van der Waals surface area (Å²) in [6.45, 7) is 3.97. The van der Waals surface area contributed by atoms with Crippen LogP contribution in [0.4, 0.5) is 0 Å². The van der Waals surface area contributed by atoms with Crippen molar-refractivity contribution in [1.29, 1.82) is 0 Å². The lowest BCUT2D eigenvalue weighted by Gasteiger charge is -2.36. The first kappa shape index (κ1) is 17.8. The Balaban J connectivity index is 1.90. The van der Waals surface area contributed by atoms with E-state index in [0.29, 0.717) is 4.90 Å². The van der Waals surface area contributed by atoms with Crippen LogP contribution in [-0.4, -0.2) is 26.5 Å². The fourth-order valence-corrected chi connectivity index (χ4v) is 4.46. The molecule has 3 rings (SSSR count). The molecule has 0 bridgehead atoms. The van der Waals surface area contributed by atoms with Crippen LogP contribution in [0.2, 0.25) is 0 Å². The third-order valence-corrected chi connectivity index (χ3v) is 6.22. The summed E-state index contributed by atoms with van der Waals surface area (Å²) in [5.41, 5.74) is 1.80. The van der Waals surface area contributed by atoms with Gasteiger partial charge in [-0.2, -0.15) is 0 Å². The Morgan fingerprint density at radius 2 is 1.60 bits per heavy atom. The zero-order valence-electron chi connectivity index (χ0n) is 14.4. The van der Waals surface area contributed by atoms with Crippen molar-refractivity contribution in [3.8, 4) is 0 Å². The van der Waals surface area contributed by atoms with Gasteiger partial charge in [-0.3, -0.25) is 9.00 Å². The number of benzene rings is 2. The molecule has 3 atom stereocenters. The number of hydrogen-bond acceptors (Lipinski definition) is 3. The van der Waals surface area contributed by atoms with Gasteiger partial charge in [0.05, 0.1) is 16.6 Å². The van der Waals surface area contributed by atoms with Gasteiger partial charge in [0.25, 0.3) is 0 Å². The number of carbonyl (C=O) groups is 1. The van der Waals surface area contributed by atoms with Crippen molar-refractivity contribution in [1.82, 2.24) is 0 Å². The Morgan fingerprint density at radius 3 is 2.20 bits per heavy atom. The summed E-state index contributed by atoms with van der Waals surface area (Å²) in [6.07, 6.45) is 3.16. The predicted molar refractivity (Wildman–Crippen MR) is 100 cm³/mol. The van der Waals surface area contributed by atoms with Crippen LogP contribution in [-0.2, 0) is 15.6 Å². The van der Waals surface area contributed by atoms with Crippen molar-refractivity contribution in [2.75, 3.05) is 5.75 Å². The van der Waals surface area contributed by atoms with Crippen molar-refractivity contribution in [3.05, 3.63) is 77.4 Å². The summed E-state index contributed by atoms with van der Waals surface area (Å²) in [7, 11) is -1.35. The molecule has 4 heteroatoms. The molecule has 0 radical (unpaired) electrons. The molecule has 2 aromatic carbocycles. The molecule has 1 aliphatic rings. The quantitative estimate of drug-likeness (QED) is 0.915. The van der Waals surface area contributed by atoms with Gasteiger partial charge in [-0.1, -0.05) is 47.5 Å². The molecule has 0 amide bonds. The van der Waals surface area contributed by atoms with E-state index < -0.39 is 16.4 Å². The van der Waals surface area contributed by atoms with E-state index in [-0.39, 0.29) is 23.9 Å². The van der Waals surface area contributed by atoms with Gasteiger partial charge in [-0.15, -0.1) is 0 Å². The second-order valence-electron chi connectivity index (χ2n) is 6.76. The monoisotopic (exact) mass is 354 g/mol. The number of rotatable bonds is 4. The molecule has 0 unspecified atom stereocenters. The van der Waals surface area contributed by atoms with E-state index in [1.807, 2.05) is 62.4 Å². The average Bonchev–Trinajstić information content (AvgIpc) is 2.59. The third kappa shape index (κ3) is 3.97. The largest absolute Gasteiger partial charge is 0.384 e. The molecule has 1 aliphatic carbocycles. The van der Waals surface area contributed by atoms with Crippen molar-refractivity contribution >= 4 is 16.6 Å². The van der Waals surface area contributed by atoms with Gasteiger partial charge in [0.2, 0.25) is 0 Å². The van der Waals surface area contributed by atoms with Crippen LogP contribution in [0.3, 0.4) is 0 Å². The molecule has 0 fully saturated rings. The SMILES string of the molecule is Cc1ccc([C@H]2CC(=O)C=C[C@]2(O)C[S@@](=O)c2ccc(C)cc2)cc1.